The maximum atomic E-state index is 12.6. The van der Waals surface area contributed by atoms with Gasteiger partial charge in [0.2, 0.25) is 5.91 Å². The third-order valence-corrected chi connectivity index (χ3v) is 5.83. The molecule has 26 heavy (non-hydrogen) atoms. The number of ether oxygens (including phenoxy) is 1. The van der Waals surface area contributed by atoms with Crippen molar-refractivity contribution in [2.75, 3.05) is 32.8 Å². The van der Waals surface area contributed by atoms with Crippen LogP contribution in [-0.4, -0.2) is 43.6 Å². The predicted octanol–water partition coefficient (Wildman–Crippen LogP) is 3.75. The van der Waals surface area contributed by atoms with Gasteiger partial charge >= 0.3 is 0 Å². The molecule has 3 rings (SSSR count). The molecule has 146 valence electrons. The first kappa shape index (κ1) is 21.0. The molecule has 2 saturated heterocycles. The lowest BCUT2D eigenvalue weighted by Gasteiger charge is -2.34. The number of halogens is 1. The number of carbonyl (C=O) groups is 1. The fourth-order valence-electron chi connectivity index (χ4n) is 4.02. The van der Waals surface area contributed by atoms with E-state index < -0.39 is 0 Å². The van der Waals surface area contributed by atoms with Gasteiger partial charge in [-0.3, -0.25) is 4.79 Å². The summed E-state index contributed by atoms with van der Waals surface area (Å²) in [6.45, 7) is 6.99. The van der Waals surface area contributed by atoms with Crippen LogP contribution in [0.15, 0.2) is 30.3 Å². The van der Waals surface area contributed by atoms with Crippen molar-refractivity contribution in [3.05, 3.63) is 30.3 Å². The lowest BCUT2D eigenvalue weighted by atomic mass is 9.85. The smallest absolute Gasteiger partial charge is 0.222 e. The molecule has 0 radical (unpaired) electrons. The zero-order valence-corrected chi connectivity index (χ0v) is 16.7. The zero-order valence-electron chi connectivity index (χ0n) is 15.9. The molecule has 0 aliphatic carbocycles. The monoisotopic (exact) mass is 380 g/mol. The van der Waals surface area contributed by atoms with Crippen molar-refractivity contribution in [1.82, 2.24) is 10.2 Å². The molecule has 2 unspecified atom stereocenters. The van der Waals surface area contributed by atoms with Crippen LogP contribution >= 0.6 is 12.4 Å². The van der Waals surface area contributed by atoms with Gasteiger partial charge in [0.1, 0.15) is 5.75 Å². The summed E-state index contributed by atoms with van der Waals surface area (Å²) in [5.41, 5.74) is 0. The first-order valence-electron chi connectivity index (χ1n) is 9.88. The van der Waals surface area contributed by atoms with Crippen molar-refractivity contribution in [3.63, 3.8) is 0 Å². The maximum Gasteiger partial charge on any atom is 0.222 e. The molecule has 0 bridgehead atoms. The summed E-state index contributed by atoms with van der Waals surface area (Å²) in [4.78, 5) is 14.7. The van der Waals surface area contributed by atoms with E-state index in [2.05, 4.69) is 17.1 Å². The fourth-order valence-corrected chi connectivity index (χ4v) is 4.02. The molecule has 0 saturated carbocycles. The zero-order chi connectivity index (χ0) is 17.5. The largest absolute Gasteiger partial charge is 0.493 e. The normalized spacial score (nSPS) is 22.3. The van der Waals surface area contributed by atoms with Gasteiger partial charge in [0.05, 0.1) is 6.61 Å². The first-order chi connectivity index (χ1) is 12.2. The number of rotatable bonds is 6. The SMILES string of the molecule is CC(CC(=O)N1CCC(COc2ccccc2)CC1)C1CCCNC1.Cl. The van der Waals surface area contributed by atoms with Gasteiger partial charge in [-0.2, -0.15) is 0 Å². The molecule has 2 aliphatic heterocycles. The first-order valence-corrected chi connectivity index (χ1v) is 9.88. The Kier molecular flexibility index (Phi) is 8.73. The van der Waals surface area contributed by atoms with Crippen LogP contribution < -0.4 is 10.1 Å². The minimum Gasteiger partial charge on any atom is -0.493 e. The molecule has 2 fully saturated rings. The lowest BCUT2D eigenvalue weighted by molar-refractivity contribution is -0.134. The Hall–Kier alpha value is -1.26. The summed E-state index contributed by atoms with van der Waals surface area (Å²) >= 11 is 0. The van der Waals surface area contributed by atoms with Crippen LogP contribution in [0.4, 0.5) is 0 Å². The van der Waals surface area contributed by atoms with E-state index in [1.165, 1.54) is 12.8 Å². The number of likely N-dealkylation sites (tertiary alicyclic amines) is 1. The van der Waals surface area contributed by atoms with Gasteiger partial charge in [-0.15, -0.1) is 12.4 Å². The van der Waals surface area contributed by atoms with E-state index in [0.29, 0.717) is 30.1 Å². The van der Waals surface area contributed by atoms with E-state index in [9.17, 15) is 4.79 Å². The third-order valence-electron chi connectivity index (χ3n) is 5.83. The van der Waals surface area contributed by atoms with Gasteiger partial charge in [0.25, 0.3) is 0 Å². The highest BCUT2D eigenvalue weighted by Crippen LogP contribution is 2.25. The van der Waals surface area contributed by atoms with E-state index in [1.54, 1.807) is 0 Å². The van der Waals surface area contributed by atoms with E-state index in [-0.39, 0.29) is 12.4 Å². The number of hydrogen-bond acceptors (Lipinski definition) is 3. The third kappa shape index (κ3) is 6.17. The van der Waals surface area contributed by atoms with Crippen molar-refractivity contribution in [2.45, 2.75) is 39.0 Å². The Morgan fingerprint density at radius 1 is 1.23 bits per heavy atom. The average molecular weight is 381 g/mol. The maximum absolute atomic E-state index is 12.6. The van der Waals surface area contributed by atoms with E-state index in [0.717, 1.165) is 51.4 Å². The summed E-state index contributed by atoms with van der Waals surface area (Å²) in [7, 11) is 0. The Morgan fingerprint density at radius 2 is 1.96 bits per heavy atom. The quantitative estimate of drug-likeness (QED) is 0.817. The van der Waals surface area contributed by atoms with Gasteiger partial charge < -0.3 is 15.0 Å². The number of amides is 1. The molecule has 2 aliphatic rings. The molecule has 1 aromatic carbocycles. The molecule has 0 spiro atoms. The molecule has 5 heteroatoms. The van der Waals surface area contributed by atoms with Crippen LogP contribution in [0.2, 0.25) is 0 Å². The van der Waals surface area contributed by atoms with Crippen molar-refractivity contribution in [2.24, 2.45) is 17.8 Å². The van der Waals surface area contributed by atoms with E-state index >= 15 is 0 Å². The number of para-hydroxylation sites is 1. The summed E-state index contributed by atoms with van der Waals surface area (Å²) in [5, 5.41) is 3.46. The van der Waals surface area contributed by atoms with Crippen LogP contribution in [0.25, 0.3) is 0 Å². The van der Waals surface area contributed by atoms with Crippen LogP contribution in [0.1, 0.15) is 39.0 Å². The molecular weight excluding hydrogens is 348 g/mol. The van der Waals surface area contributed by atoms with E-state index in [4.69, 9.17) is 4.74 Å². The Bertz CT molecular complexity index is 526. The van der Waals surface area contributed by atoms with Gasteiger partial charge in [0, 0.05) is 19.5 Å². The Labute approximate surface area is 164 Å². The number of benzene rings is 1. The van der Waals surface area contributed by atoms with Crippen LogP contribution in [0.3, 0.4) is 0 Å². The van der Waals surface area contributed by atoms with Crippen LogP contribution in [-0.2, 0) is 4.79 Å². The Balaban J connectivity index is 0.00000243. The topological polar surface area (TPSA) is 41.6 Å². The van der Waals surface area contributed by atoms with Crippen molar-refractivity contribution >= 4 is 18.3 Å². The summed E-state index contributed by atoms with van der Waals surface area (Å²) in [6.07, 6.45) is 5.32. The highest BCUT2D eigenvalue weighted by molar-refractivity contribution is 5.85. The summed E-state index contributed by atoms with van der Waals surface area (Å²) < 4.78 is 5.87. The van der Waals surface area contributed by atoms with Crippen LogP contribution in [0, 0.1) is 17.8 Å². The Morgan fingerprint density at radius 3 is 2.62 bits per heavy atom. The second kappa shape index (κ2) is 10.8. The average Bonchev–Trinajstić information content (AvgIpc) is 2.68. The summed E-state index contributed by atoms with van der Waals surface area (Å²) in [6, 6.07) is 10.0. The molecule has 2 atom stereocenters. The minimum atomic E-state index is 0. The second-order valence-electron chi connectivity index (χ2n) is 7.74. The molecule has 0 aromatic heterocycles. The second-order valence-corrected chi connectivity index (χ2v) is 7.74. The fraction of sp³-hybridized carbons (Fsp3) is 0.667. The molecule has 1 N–H and O–H groups in total. The number of nitrogens with zero attached hydrogens (tertiary/aromatic N) is 1. The van der Waals surface area contributed by atoms with Crippen molar-refractivity contribution < 1.29 is 9.53 Å². The number of piperidine rings is 2. The standard InChI is InChI=1S/C21H32N2O2.ClH/c1-17(19-6-5-11-22-15-19)14-21(24)23-12-9-18(10-13-23)16-25-20-7-3-2-4-8-20;/h2-4,7-8,17-19,22H,5-6,9-16H2,1H3;1H. The van der Waals surface area contributed by atoms with Gasteiger partial charge in [0.15, 0.2) is 0 Å². The molecule has 2 heterocycles. The van der Waals surface area contributed by atoms with Crippen molar-refractivity contribution in [1.29, 1.82) is 0 Å². The molecule has 1 aromatic rings. The van der Waals surface area contributed by atoms with Crippen LogP contribution in [0.5, 0.6) is 5.75 Å². The molecule has 1 amide bonds. The summed E-state index contributed by atoms with van der Waals surface area (Å²) in [5.74, 6) is 2.99. The molecular formula is C21H33ClN2O2. The molecule has 4 nitrogen and oxygen atoms in total. The predicted molar refractivity (Wildman–Crippen MR) is 108 cm³/mol. The lowest BCUT2D eigenvalue weighted by Crippen LogP contribution is -2.41. The van der Waals surface area contributed by atoms with E-state index in [1.807, 2.05) is 30.3 Å². The number of nitrogens with one attached hydrogen (secondary N) is 1. The van der Waals surface area contributed by atoms with Crippen molar-refractivity contribution in [3.8, 4) is 5.75 Å². The van der Waals surface area contributed by atoms with Gasteiger partial charge in [-0.05, 0) is 68.7 Å². The highest BCUT2D eigenvalue weighted by atomic mass is 35.5. The van der Waals surface area contributed by atoms with Gasteiger partial charge in [-0.25, -0.2) is 0 Å². The minimum absolute atomic E-state index is 0. The number of hydrogen-bond donors (Lipinski definition) is 1. The number of carbonyl (C=O) groups excluding carboxylic acids is 1. The van der Waals surface area contributed by atoms with Gasteiger partial charge in [-0.1, -0.05) is 25.1 Å². The highest BCUT2D eigenvalue weighted by Gasteiger charge is 2.27.